The quantitative estimate of drug-likeness (QED) is 0.365. The maximum absolute atomic E-state index is 14.7. The van der Waals surface area contributed by atoms with Gasteiger partial charge in [0.15, 0.2) is 0 Å². The number of aryl methyl sites for hydroxylation is 1. The lowest BCUT2D eigenvalue weighted by atomic mass is 9.83. The van der Waals surface area contributed by atoms with Crippen molar-refractivity contribution in [3.63, 3.8) is 0 Å². The summed E-state index contributed by atoms with van der Waals surface area (Å²) in [5.74, 6) is 0.689. The number of nitrogens with zero attached hydrogens (tertiary/aromatic N) is 2. The molecule has 2 heterocycles. The van der Waals surface area contributed by atoms with Gasteiger partial charge in [-0.2, -0.15) is 0 Å². The number of likely N-dealkylation sites (tertiary alicyclic amines) is 1. The van der Waals surface area contributed by atoms with E-state index in [1.165, 1.54) is 11.9 Å². The summed E-state index contributed by atoms with van der Waals surface area (Å²) in [6, 6.07) is 0.893. The topological polar surface area (TPSA) is 121 Å². The SMILES string of the molecule is CCC(C)C(C)NC(=O)[C@@H]1CC[C@H](c2ccc(C)o2)N1C(=O)[C@@H](NC(=O)[C@H](C)N(C)C(=O)OC(C)(C)C)C1CCCCC1. The molecule has 2 aliphatic rings. The zero-order valence-electron chi connectivity index (χ0n) is 27.7. The predicted molar refractivity (Wildman–Crippen MR) is 165 cm³/mol. The van der Waals surface area contributed by atoms with E-state index in [0.29, 0.717) is 18.6 Å². The highest BCUT2D eigenvalue weighted by Gasteiger charge is 2.47. The Morgan fingerprint density at radius 3 is 2.23 bits per heavy atom. The molecule has 0 radical (unpaired) electrons. The van der Waals surface area contributed by atoms with E-state index in [4.69, 9.17) is 9.15 Å². The molecule has 2 N–H and O–H groups in total. The number of rotatable bonds is 10. The third kappa shape index (κ3) is 8.76. The summed E-state index contributed by atoms with van der Waals surface area (Å²) in [4.78, 5) is 57.6. The Labute approximate surface area is 257 Å². The lowest BCUT2D eigenvalue weighted by Gasteiger charge is -2.38. The van der Waals surface area contributed by atoms with Gasteiger partial charge in [0.05, 0.1) is 6.04 Å². The van der Waals surface area contributed by atoms with E-state index in [9.17, 15) is 19.2 Å². The van der Waals surface area contributed by atoms with Crippen LogP contribution in [0.5, 0.6) is 0 Å². The zero-order chi connectivity index (χ0) is 32.1. The normalized spacial score (nSPS) is 22.3. The van der Waals surface area contributed by atoms with E-state index in [0.717, 1.165) is 44.3 Å². The van der Waals surface area contributed by atoms with Crippen LogP contribution >= 0.6 is 0 Å². The third-order valence-corrected chi connectivity index (χ3v) is 9.23. The number of ether oxygens (including phenoxy) is 1. The van der Waals surface area contributed by atoms with Gasteiger partial charge in [-0.25, -0.2) is 4.79 Å². The van der Waals surface area contributed by atoms with Crippen LogP contribution in [0.4, 0.5) is 4.79 Å². The van der Waals surface area contributed by atoms with Crippen LogP contribution in [-0.4, -0.2) is 70.4 Å². The first kappa shape index (κ1) is 34.5. The highest BCUT2D eigenvalue weighted by atomic mass is 16.6. The first-order chi connectivity index (χ1) is 20.1. The van der Waals surface area contributed by atoms with E-state index >= 15 is 0 Å². The lowest BCUT2D eigenvalue weighted by Crippen LogP contribution is -2.59. The Bertz CT molecular complexity index is 1120. The average molecular weight is 603 g/mol. The van der Waals surface area contributed by atoms with E-state index in [-0.39, 0.29) is 29.7 Å². The van der Waals surface area contributed by atoms with Crippen molar-refractivity contribution in [2.45, 2.75) is 143 Å². The second kappa shape index (κ2) is 14.6. The molecule has 1 aromatic rings. The summed E-state index contributed by atoms with van der Waals surface area (Å²) in [6.45, 7) is 15.0. The molecule has 10 heteroatoms. The number of likely N-dealkylation sites (N-methyl/N-ethyl adjacent to an activating group) is 1. The molecule has 1 aromatic heterocycles. The van der Waals surface area contributed by atoms with Crippen LogP contribution < -0.4 is 10.6 Å². The van der Waals surface area contributed by atoms with Crippen molar-refractivity contribution in [2.75, 3.05) is 7.05 Å². The molecule has 2 fully saturated rings. The van der Waals surface area contributed by atoms with Crippen LogP contribution in [0.25, 0.3) is 0 Å². The van der Waals surface area contributed by atoms with E-state index < -0.39 is 41.8 Å². The standard InChI is InChI=1S/C33H54N4O6/c1-10-20(2)22(4)34-30(39)26-18-17-25(27-19-16-21(3)42-27)37(26)31(40)28(24-14-12-11-13-15-24)35-29(38)23(5)36(9)32(41)43-33(6,7)8/h16,19-20,22-26,28H,10-15,17-18H2,1-9H3,(H,34,39)(H,35,38)/t20?,22?,23-,25+,26-,28-/m0/s1. The molecule has 0 aromatic carbocycles. The monoisotopic (exact) mass is 602 g/mol. The smallest absolute Gasteiger partial charge is 0.410 e. The molecule has 0 bridgehead atoms. The summed E-state index contributed by atoms with van der Waals surface area (Å²) in [5, 5.41) is 6.17. The van der Waals surface area contributed by atoms with Crippen LogP contribution in [0, 0.1) is 18.8 Å². The molecule has 6 atom stereocenters. The van der Waals surface area contributed by atoms with Crippen LogP contribution in [0.3, 0.4) is 0 Å². The van der Waals surface area contributed by atoms with Gasteiger partial charge in [-0.05, 0) is 91.2 Å². The highest BCUT2D eigenvalue weighted by molar-refractivity contribution is 5.94. The second-order valence-electron chi connectivity index (χ2n) is 13.6. The minimum absolute atomic E-state index is 0.0440. The van der Waals surface area contributed by atoms with E-state index in [1.807, 2.05) is 26.0 Å². The van der Waals surface area contributed by atoms with Crippen LogP contribution in [-0.2, 0) is 19.1 Å². The molecule has 10 nitrogen and oxygen atoms in total. The number of carbonyl (C=O) groups is 4. The highest BCUT2D eigenvalue weighted by Crippen LogP contribution is 2.39. The molecule has 1 saturated carbocycles. The fourth-order valence-corrected chi connectivity index (χ4v) is 6.06. The largest absolute Gasteiger partial charge is 0.464 e. The van der Waals surface area contributed by atoms with E-state index in [1.54, 1.807) is 32.6 Å². The Kier molecular flexibility index (Phi) is 11.7. The van der Waals surface area contributed by atoms with E-state index in [2.05, 4.69) is 24.5 Å². The summed E-state index contributed by atoms with van der Waals surface area (Å²) < 4.78 is 11.4. The van der Waals surface area contributed by atoms with Crippen LogP contribution in [0.1, 0.15) is 117 Å². The van der Waals surface area contributed by atoms with Crippen molar-refractivity contribution >= 4 is 23.8 Å². The van der Waals surface area contributed by atoms with Gasteiger partial charge in [-0.3, -0.25) is 19.3 Å². The van der Waals surface area contributed by atoms with Gasteiger partial charge >= 0.3 is 6.09 Å². The van der Waals surface area contributed by atoms with Crippen molar-refractivity contribution in [2.24, 2.45) is 11.8 Å². The third-order valence-electron chi connectivity index (χ3n) is 9.23. The molecule has 242 valence electrons. The first-order valence-electron chi connectivity index (χ1n) is 16.1. The minimum atomic E-state index is -0.869. The van der Waals surface area contributed by atoms with Gasteiger partial charge in [0.25, 0.3) is 0 Å². The molecular formula is C33H54N4O6. The van der Waals surface area contributed by atoms with Crippen molar-refractivity contribution in [3.05, 3.63) is 23.7 Å². The molecule has 1 aliphatic carbocycles. The first-order valence-corrected chi connectivity index (χ1v) is 16.1. The summed E-state index contributed by atoms with van der Waals surface area (Å²) >= 11 is 0. The van der Waals surface area contributed by atoms with Gasteiger partial charge in [-0.15, -0.1) is 0 Å². The maximum Gasteiger partial charge on any atom is 0.410 e. The van der Waals surface area contributed by atoms with Crippen molar-refractivity contribution in [1.82, 2.24) is 20.4 Å². The fourth-order valence-electron chi connectivity index (χ4n) is 6.06. The molecule has 4 amide bonds. The Balaban J connectivity index is 1.92. The average Bonchev–Trinajstić information content (AvgIpc) is 3.60. The molecule has 43 heavy (non-hydrogen) atoms. The number of hydrogen-bond acceptors (Lipinski definition) is 6. The van der Waals surface area contributed by atoms with Gasteiger partial charge in [0.2, 0.25) is 17.7 Å². The van der Waals surface area contributed by atoms with Gasteiger partial charge < -0.3 is 24.7 Å². The Morgan fingerprint density at radius 1 is 1.02 bits per heavy atom. The molecule has 0 spiro atoms. The molecule has 3 rings (SSSR count). The van der Waals surface area contributed by atoms with Gasteiger partial charge in [0.1, 0.15) is 35.2 Å². The number of furan rings is 1. The Hall–Kier alpha value is -3.04. The summed E-state index contributed by atoms with van der Waals surface area (Å²) in [6.07, 6.45) is 6.00. The van der Waals surface area contributed by atoms with Gasteiger partial charge in [0, 0.05) is 13.1 Å². The zero-order valence-corrected chi connectivity index (χ0v) is 27.7. The minimum Gasteiger partial charge on any atom is -0.464 e. The van der Waals surface area contributed by atoms with Crippen LogP contribution in [0.2, 0.25) is 0 Å². The van der Waals surface area contributed by atoms with Crippen molar-refractivity contribution < 1.29 is 28.3 Å². The number of hydrogen-bond donors (Lipinski definition) is 2. The van der Waals surface area contributed by atoms with Gasteiger partial charge in [-0.1, -0.05) is 39.5 Å². The van der Waals surface area contributed by atoms with Crippen molar-refractivity contribution in [3.8, 4) is 0 Å². The number of nitrogens with one attached hydrogen (secondary N) is 2. The number of amides is 4. The molecular weight excluding hydrogens is 548 g/mol. The van der Waals surface area contributed by atoms with Crippen LogP contribution in [0.15, 0.2) is 16.5 Å². The maximum atomic E-state index is 14.7. The Morgan fingerprint density at radius 2 is 1.67 bits per heavy atom. The molecule has 1 saturated heterocycles. The fraction of sp³-hybridized carbons (Fsp3) is 0.758. The predicted octanol–water partition coefficient (Wildman–Crippen LogP) is 5.49. The second-order valence-corrected chi connectivity index (χ2v) is 13.6. The number of carbonyl (C=O) groups excluding carboxylic acids is 4. The lowest BCUT2D eigenvalue weighted by molar-refractivity contribution is -0.146. The van der Waals surface area contributed by atoms with Crippen molar-refractivity contribution in [1.29, 1.82) is 0 Å². The summed E-state index contributed by atoms with van der Waals surface area (Å²) in [5.41, 5.74) is -0.709. The summed E-state index contributed by atoms with van der Waals surface area (Å²) in [7, 11) is 1.52. The molecule has 1 aliphatic heterocycles. The molecule has 2 unspecified atom stereocenters.